The van der Waals surface area contributed by atoms with Crippen molar-refractivity contribution in [3.8, 4) is 0 Å². The molecular formula is C19H26O2. The van der Waals surface area contributed by atoms with Crippen molar-refractivity contribution in [2.75, 3.05) is 0 Å². The van der Waals surface area contributed by atoms with Gasteiger partial charge >= 0.3 is 0 Å². The van der Waals surface area contributed by atoms with Crippen LogP contribution >= 0.6 is 0 Å². The second-order valence-electron chi connectivity index (χ2n) is 8.10. The summed E-state index contributed by atoms with van der Waals surface area (Å²) in [6.45, 7) is 2.34. The minimum absolute atomic E-state index is 0.0728. The Hall–Kier alpha value is -0.850. The van der Waals surface area contributed by atoms with Crippen LogP contribution in [-0.2, 0) is 4.79 Å². The van der Waals surface area contributed by atoms with E-state index in [0.29, 0.717) is 5.92 Å². The van der Waals surface area contributed by atoms with Gasteiger partial charge in [-0.05, 0) is 86.5 Å². The zero-order valence-corrected chi connectivity index (χ0v) is 13.0. The highest BCUT2D eigenvalue weighted by Crippen LogP contribution is 2.61. The van der Waals surface area contributed by atoms with Gasteiger partial charge in [-0.1, -0.05) is 12.5 Å². The average molecular weight is 286 g/mol. The molecule has 3 fully saturated rings. The number of hydrogen-bond acceptors (Lipinski definition) is 2. The first-order valence-electron chi connectivity index (χ1n) is 8.76. The number of carbonyl (C=O) groups excluding carboxylic acids is 1. The van der Waals surface area contributed by atoms with Gasteiger partial charge in [0.05, 0.1) is 6.10 Å². The van der Waals surface area contributed by atoms with Crippen LogP contribution in [0.3, 0.4) is 0 Å². The minimum Gasteiger partial charge on any atom is -0.393 e. The molecule has 0 heterocycles. The molecule has 2 heteroatoms. The molecular weight excluding hydrogens is 260 g/mol. The molecule has 0 spiro atoms. The maximum absolute atomic E-state index is 10.9. The normalized spacial score (nSPS) is 48.8. The summed E-state index contributed by atoms with van der Waals surface area (Å²) < 4.78 is 0. The minimum atomic E-state index is -0.0728. The van der Waals surface area contributed by atoms with E-state index in [9.17, 15) is 9.90 Å². The van der Waals surface area contributed by atoms with E-state index in [4.69, 9.17) is 0 Å². The van der Waals surface area contributed by atoms with E-state index in [0.717, 1.165) is 42.6 Å². The number of hydrogen-bond donors (Lipinski definition) is 1. The Kier molecular flexibility index (Phi) is 3.17. The molecule has 0 saturated heterocycles. The quantitative estimate of drug-likeness (QED) is 0.690. The molecule has 0 aromatic heterocycles. The van der Waals surface area contributed by atoms with Gasteiger partial charge in [0, 0.05) is 5.57 Å². The molecule has 0 amide bonds. The first kappa shape index (κ1) is 13.8. The van der Waals surface area contributed by atoms with E-state index in [1.54, 1.807) is 0 Å². The van der Waals surface area contributed by atoms with E-state index < -0.39 is 0 Å². The summed E-state index contributed by atoms with van der Waals surface area (Å²) in [4.78, 5) is 10.9. The number of aliphatic hydroxyl groups excluding tert-OH is 1. The number of allylic oxidation sites excluding steroid dienone is 3. The maximum Gasteiger partial charge on any atom is 0.127 e. The fourth-order valence-corrected chi connectivity index (χ4v) is 6.26. The van der Waals surface area contributed by atoms with Crippen LogP contribution in [0.15, 0.2) is 17.2 Å². The van der Waals surface area contributed by atoms with E-state index in [1.807, 2.05) is 0 Å². The molecule has 21 heavy (non-hydrogen) atoms. The van der Waals surface area contributed by atoms with Crippen molar-refractivity contribution in [2.45, 2.75) is 64.4 Å². The molecule has 0 aromatic carbocycles. The van der Waals surface area contributed by atoms with Crippen molar-refractivity contribution in [3.63, 3.8) is 0 Å². The third kappa shape index (κ3) is 1.92. The molecule has 4 aliphatic rings. The molecule has 0 radical (unpaired) electrons. The summed E-state index contributed by atoms with van der Waals surface area (Å²) in [5.74, 6) is 5.18. The van der Waals surface area contributed by atoms with Gasteiger partial charge in [-0.25, -0.2) is 4.79 Å². The Morgan fingerprint density at radius 1 is 1.14 bits per heavy atom. The summed E-state index contributed by atoms with van der Waals surface area (Å²) in [7, 11) is 0. The second-order valence-corrected chi connectivity index (χ2v) is 8.10. The highest BCUT2D eigenvalue weighted by molar-refractivity contribution is 5.58. The lowest BCUT2D eigenvalue weighted by atomic mass is 9.52. The Bertz CT molecular complexity index is 528. The summed E-state index contributed by atoms with van der Waals surface area (Å²) >= 11 is 0. The SMILES string of the molecule is CC12CCC3C4CCC(=C=O)C=C4CCC3C1CCC2O. The fourth-order valence-electron chi connectivity index (χ4n) is 6.26. The zero-order valence-electron chi connectivity index (χ0n) is 13.0. The number of rotatable bonds is 0. The standard InChI is InChI=1S/C19H26O2/c1-19-9-8-15-14-4-2-12(11-20)10-13(14)3-5-16(15)17(19)6-7-18(19)21/h10,14-18,21H,2-9H2,1H3. The molecule has 2 nitrogen and oxygen atoms in total. The lowest BCUT2D eigenvalue weighted by Crippen LogP contribution is -2.47. The molecule has 6 unspecified atom stereocenters. The van der Waals surface area contributed by atoms with Crippen LogP contribution in [0.25, 0.3) is 0 Å². The third-order valence-corrected chi connectivity index (χ3v) is 7.42. The Morgan fingerprint density at radius 3 is 2.81 bits per heavy atom. The van der Waals surface area contributed by atoms with Crippen molar-refractivity contribution in [2.24, 2.45) is 29.1 Å². The highest BCUT2D eigenvalue weighted by Gasteiger charge is 2.55. The van der Waals surface area contributed by atoms with Crippen molar-refractivity contribution in [1.82, 2.24) is 0 Å². The molecule has 4 aliphatic carbocycles. The predicted octanol–water partition coefficient (Wildman–Crippen LogP) is 3.68. The zero-order chi connectivity index (χ0) is 14.6. The van der Waals surface area contributed by atoms with E-state index >= 15 is 0 Å². The van der Waals surface area contributed by atoms with Gasteiger partial charge in [-0.2, -0.15) is 0 Å². The maximum atomic E-state index is 10.9. The smallest absolute Gasteiger partial charge is 0.127 e. The van der Waals surface area contributed by atoms with Gasteiger partial charge in [0.25, 0.3) is 0 Å². The molecule has 6 atom stereocenters. The molecule has 0 aromatic rings. The number of aliphatic hydroxyl groups is 1. The van der Waals surface area contributed by atoms with E-state index in [1.165, 1.54) is 37.7 Å². The Labute approximate surface area is 127 Å². The van der Waals surface area contributed by atoms with Gasteiger partial charge in [0.15, 0.2) is 0 Å². The second kappa shape index (κ2) is 4.83. The van der Waals surface area contributed by atoms with Crippen LogP contribution in [0.4, 0.5) is 0 Å². The van der Waals surface area contributed by atoms with Crippen molar-refractivity contribution in [3.05, 3.63) is 17.2 Å². The van der Waals surface area contributed by atoms with E-state index in [-0.39, 0.29) is 11.5 Å². The average Bonchev–Trinajstić information content (AvgIpc) is 2.82. The van der Waals surface area contributed by atoms with Crippen molar-refractivity contribution < 1.29 is 9.90 Å². The monoisotopic (exact) mass is 286 g/mol. The summed E-state index contributed by atoms with van der Waals surface area (Å²) in [6, 6.07) is 0. The molecule has 0 bridgehead atoms. The van der Waals surface area contributed by atoms with Crippen LogP contribution in [0, 0.1) is 29.1 Å². The van der Waals surface area contributed by atoms with Crippen LogP contribution < -0.4 is 0 Å². The van der Waals surface area contributed by atoms with E-state index in [2.05, 4.69) is 18.9 Å². The van der Waals surface area contributed by atoms with Gasteiger partial charge in [0.2, 0.25) is 0 Å². The van der Waals surface area contributed by atoms with Crippen LogP contribution in [0.1, 0.15) is 58.3 Å². The summed E-state index contributed by atoms with van der Waals surface area (Å²) in [5.41, 5.74) is 2.60. The fraction of sp³-hybridized carbons (Fsp3) is 0.789. The molecule has 1 N–H and O–H groups in total. The highest BCUT2D eigenvalue weighted by atomic mass is 16.3. The first-order chi connectivity index (χ1) is 10.1. The molecule has 0 aliphatic heterocycles. The van der Waals surface area contributed by atoms with Gasteiger partial charge < -0.3 is 5.11 Å². The molecule has 114 valence electrons. The van der Waals surface area contributed by atoms with Crippen molar-refractivity contribution >= 4 is 5.94 Å². The Morgan fingerprint density at radius 2 is 2.00 bits per heavy atom. The van der Waals surface area contributed by atoms with Gasteiger partial charge in [-0.15, -0.1) is 0 Å². The molecule has 3 saturated carbocycles. The van der Waals surface area contributed by atoms with Crippen molar-refractivity contribution in [1.29, 1.82) is 0 Å². The summed E-state index contributed by atoms with van der Waals surface area (Å²) in [5, 5.41) is 10.4. The largest absolute Gasteiger partial charge is 0.393 e. The van der Waals surface area contributed by atoms with Crippen LogP contribution in [-0.4, -0.2) is 17.2 Å². The number of fused-ring (bicyclic) bond motifs is 5. The first-order valence-corrected chi connectivity index (χ1v) is 8.76. The summed E-state index contributed by atoms with van der Waals surface area (Å²) in [6.07, 6.45) is 11.3. The van der Waals surface area contributed by atoms with Gasteiger partial charge in [0.1, 0.15) is 5.94 Å². The van der Waals surface area contributed by atoms with Gasteiger partial charge in [-0.3, -0.25) is 0 Å². The topological polar surface area (TPSA) is 37.3 Å². The molecule has 4 rings (SSSR count). The Balaban J connectivity index is 1.63. The third-order valence-electron chi connectivity index (χ3n) is 7.42. The van der Waals surface area contributed by atoms with Crippen LogP contribution in [0.5, 0.6) is 0 Å². The van der Waals surface area contributed by atoms with Crippen LogP contribution in [0.2, 0.25) is 0 Å². The predicted molar refractivity (Wildman–Crippen MR) is 82.3 cm³/mol. The lowest BCUT2D eigenvalue weighted by molar-refractivity contribution is -0.0528. The lowest BCUT2D eigenvalue weighted by Gasteiger charge is -2.53.